The van der Waals surface area contributed by atoms with Gasteiger partial charge in [-0.3, -0.25) is 9.69 Å². The number of aromatic amines is 1. The monoisotopic (exact) mass is 312 g/mol. The molecule has 0 saturated carbocycles. The zero-order valence-corrected chi connectivity index (χ0v) is 12.7. The van der Waals surface area contributed by atoms with Crippen LogP contribution in [0.3, 0.4) is 0 Å². The van der Waals surface area contributed by atoms with Crippen LogP contribution in [0.1, 0.15) is 23.3 Å². The van der Waals surface area contributed by atoms with E-state index in [0.29, 0.717) is 36.3 Å². The van der Waals surface area contributed by atoms with Crippen LogP contribution in [-0.2, 0) is 9.84 Å². The molecule has 2 aliphatic rings. The minimum absolute atomic E-state index is 0.0154. The van der Waals surface area contributed by atoms with Gasteiger partial charge in [-0.1, -0.05) is 0 Å². The van der Waals surface area contributed by atoms with Gasteiger partial charge in [0.2, 0.25) is 0 Å². The SMILES string of the molecule is O=C(c1cnc[nH]1)N1CCN(C2CCS(=O)(=O)CC2)CC1. The Hall–Kier alpha value is -1.41. The maximum absolute atomic E-state index is 12.2. The fourth-order valence-corrected chi connectivity index (χ4v) is 4.54. The molecular formula is C13H20N4O3S. The molecule has 0 bridgehead atoms. The van der Waals surface area contributed by atoms with E-state index in [9.17, 15) is 13.2 Å². The Labute approximate surface area is 124 Å². The molecule has 0 aromatic carbocycles. The van der Waals surface area contributed by atoms with Gasteiger partial charge < -0.3 is 9.88 Å². The minimum atomic E-state index is -2.81. The summed E-state index contributed by atoms with van der Waals surface area (Å²) in [5.41, 5.74) is 0.521. The molecule has 2 aliphatic heterocycles. The molecule has 1 N–H and O–H groups in total. The van der Waals surface area contributed by atoms with Crippen molar-refractivity contribution in [3.05, 3.63) is 18.2 Å². The number of nitrogens with zero attached hydrogens (tertiary/aromatic N) is 3. The summed E-state index contributed by atoms with van der Waals surface area (Å²) in [4.78, 5) is 23.0. The van der Waals surface area contributed by atoms with Gasteiger partial charge in [0.15, 0.2) is 0 Å². The van der Waals surface area contributed by atoms with E-state index in [-0.39, 0.29) is 5.91 Å². The highest BCUT2D eigenvalue weighted by Crippen LogP contribution is 2.20. The number of sulfone groups is 1. The zero-order valence-electron chi connectivity index (χ0n) is 11.9. The highest BCUT2D eigenvalue weighted by Gasteiger charge is 2.31. The minimum Gasteiger partial charge on any atom is -0.341 e. The Morgan fingerprint density at radius 3 is 2.43 bits per heavy atom. The van der Waals surface area contributed by atoms with Crippen LogP contribution < -0.4 is 0 Å². The lowest BCUT2D eigenvalue weighted by molar-refractivity contribution is 0.0553. The number of rotatable bonds is 2. The Morgan fingerprint density at radius 2 is 1.86 bits per heavy atom. The van der Waals surface area contributed by atoms with E-state index in [1.54, 1.807) is 6.20 Å². The van der Waals surface area contributed by atoms with Crippen LogP contribution in [0.4, 0.5) is 0 Å². The van der Waals surface area contributed by atoms with Gasteiger partial charge in [-0.25, -0.2) is 13.4 Å². The van der Waals surface area contributed by atoms with Gasteiger partial charge >= 0.3 is 0 Å². The maximum Gasteiger partial charge on any atom is 0.272 e. The third-order valence-electron chi connectivity index (χ3n) is 4.37. The molecule has 7 nitrogen and oxygen atoms in total. The molecule has 3 rings (SSSR count). The van der Waals surface area contributed by atoms with Crippen molar-refractivity contribution in [2.45, 2.75) is 18.9 Å². The van der Waals surface area contributed by atoms with E-state index in [0.717, 1.165) is 25.9 Å². The molecule has 3 heterocycles. The average Bonchev–Trinajstić information content (AvgIpc) is 3.01. The first-order chi connectivity index (χ1) is 10.1. The van der Waals surface area contributed by atoms with Crippen molar-refractivity contribution in [3.8, 4) is 0 Å². The molecule has 0 radical (unpaired) electrons. The van der Waals surface area contributed by atoms with Crippen molar-refractivity contribution in [2.24, 2.45) is 0 Å². The second kappa shape index (κ2) is 5.76. The number of piperazine rings is 1. The van der Waals surface area contributed by atoms with E-state index in [4.69, 9.17) is 0 Å². The summed E-state index contributed by atoms with van der Waals surface area (Å²) in [6.45, 7) is 2.98. The van der Waals surface area contributed by atoms with Gasteiger partial charge in [0.25, 0.3) is 5.91 Å². The van der Waals surface area contributed by atoms with Crippen molar-refractivity contribution in [2.75, 3.05) is 37.7 Å². The number of carbonyl (C=O) groups is 1. The Kier molecular flexibility index (Phi) is 3.99. The van der Waals surface area contributed by atoms with Crippen LogP contribution in [0.15, 0.2) is 12.5 Å². The highest BCUT2D eigenvalue weighted by atomic mass is 32.2. The first-order valence-corrected chi connectivity index (χ1v) is 9.09. The number of amides is 1. The standard InChI is InChI=1S/C13H20N4O3S/c18-13(12-9-14-10-15-12)17-5-3-16(4-6-17)11-1-7-21(19,20)8-2-11/h9-11H,1-8H2,(H,14,15). The molecule has 116 valence electrons. The van der Waals surface area contributed by atoms with E-state index in [2.05, 4.69) is 14.9 Å². The summed E-state index contributed by atoms with van der Waals surface area (Å²) in [5.74, 6) is 0.578. The van der Waals surface area contributed by atoms with Gasteiger partial charge in [-0.05, 0) is 12.8 Å². The molecule has 0 atom stereocenters. The third kappa shape index (κ3) is 3.26. The molecule has 0 spiro atoms. The van der Waals surface area contributed by atoms with E-state index in [1.807, 2.05) is 4.90 Å². The Morgan fingerprint density at radius 1 is 1.19 bits per heavy atom. The molecular weight excluding hydrogens is 292 g/mol. The number of H-pyrrole nitrogens is 1. The number of imidazole rings is 1. The summed E-state index contributed by atoms with van der Waals surface area (Å²) in [6.07, 6.45) is 4.49. The van der Waals surface area contributed by atoms with Crippen LogP contribution in [0.2, 0.25) is 0 Å². The van der Waals surface area contributed by atoms with Crippen molar-refractivity contribution < 1.29 is 13.2 Å². The lowest BCUT2D eigenvalue weighted by Crippen LogP contribution is -2.53. The van der Waals surface area contributed by atoms with Gasteiger partial charge in [0, 0.05) is 32.2 Å². The number of nitrogens with one attached hydrogen (secondary N) is 1. The van der Waals surface area contributed by atoms with E-state index in [1.165, 1.54) is 6.33 Å². The fraction of sp³-hybridized carbons (Fsp3) is 0.692. The molecule has 2 saturated heterocycles. The average molecular weight is 312 g/mol. The summed E-state index contributed by atoms with van der Waals surface area (Å²) in [6, 6.07) is 0.345. The van der Waals surface area contributed by atoms with Crippen LogP contribution in [0, 0.1) is 0 Å². The van der Waals surface area contributed by atoms with Gasteiger partial charge in [-0.2, -0.15) is 0 Å². The van der Waals surface area contributed by atoms with Crippen LogP contribution >= 0.6 is 0 Å². The largest absolute Gasteiger partial charge is 0.341 e. The predicted octanol–water partition coefficient (Wildman–Crippen LogP) is -0.255. The van der Waals surface area contributed by atoms with Crippen LogP contribution in [0.5, 0.6) is 0 Å². The first kappa shape index (κ1) is 14.5. The van der Waals surface area contributed by atoms with Gasteiger partial charge in [0.05, 0.1) is 24.0 Å². The number of hydrogen-bond donors (Lipinski definition) is 1. The predicted molar refractivity (Wildman–Crippen MR) is 77.7 cm³/mol. The third-order valence-corrected chi connectivity index (χ3v) is 6.09. The zero-order chi connectivity index (χ0) is 14.9. The highest BCUT2D eigenvalue weighted by molar-refractivity contribution is 7.91. The van der Waals surface area contributed by atoms with Crippen LogP contribution in [-0.4, -0.2) is 77.8 Å². The quantitative estimate of drug-likeness (QED) is 0.813. The Balaban J connectivity index is 1.53. The lowest BCUT2D eigenvalue weighted by atomic mass is 10.1. The fourth-order valence-electron chi connectivity index (χ4n) is 3.08. The Bertz CT molecular complexity index is 577. The van der Waals surface area contributed by atoms with Gasteiger partial charge in [-0.15, -0.1) is 0 Å². The molecule has 1 amide bonds. The molecule has 0 aliphatic carbocycles. The summed E-state index contributed by atoms with van der Waals surface area (Å²) in [7, 11) is -2.81. The second-order valence-electron chi connectivity index (χ2n) is 5.68. The van der Waals surface area contributed by atoms with E-state index >= 15 is 0 Å². The lowest BCUT2D eigenvalue weighted by Gasteiger charge is -2.40. The molecule has 8 heteroatoms. The second-order valence-corrected chi connectivity index (χ2v) is 7.98. The first-order valence-electron chi connectivity index (χ1n) is 7.27. The number of aromatic nitrogens is 2. The number of carbonyl (C=O) groups excluding carboxylic acids is 1. The van der Waals surface area contributed by atoms with E-state index < -0.39 is 9.84 Å². The summed E-state index contributed by atoms with van der Waals surface area (Å²) < 4.78 is 22.9. The molecule has 2 fully saturated rings. The molecule has 0 unspecified atom stereocenters. The molecule has 21 heavy (non-hydrogen) atoms. The van der Waals surface area contributed by atoms with Crippen molar-refractivity contribution in [1.82, 2.24) is 19.8 Å². The van der Waals surface area contributed by atoms with Crippen molar-refractivity contribution in [3.63, 3.8) is 0 Å². The molecule has 1 aromatic rings. The van der Waals surface area contributed by atoms with Crippen LogP contribution in [0.25, 0.3) is 0 Å². The smallest absolute Gasteiger partial charge is 0.272 e. The van der Waals surface area contributed by atoms with Crippen molar-refractivity contribution >= 4 is 15.7 Å². The molecule has 1 aromatic heterocycles. The normalized spacial score (nSPS) is 24.1. The van der Waals surface area contributed by atoms with Gasteiger partial charge in [0.1, 0.15) is 15.5 Å². The summed E-state index contributed by atoms with van der Waals surface area (Å²) >= 11 is 0. The number of hydrogen-bond acceptors (Lipinski definition) is 5. The maximum atomic E-state index is 12.2. The van der Waals surface area contributed by atoms with Crippen molar-refractivity contribution in [1.29, 1.82) is 0 Å². The topological polar surface area (TPSA) is 86.4 Å². The summed E-state index contributed by atoms with van der Waals surface area (Å²) in [5, 5.41) is 0.